The number of nitrogens with one attached hydrogen (secondary N) is 1. The van der Waals surface area contributed by atoms with E-state index in [1.54, 1.807) is 24.9 Å². The molecule has 1 aromatic rings. The zero-order chi connectivity index (χ0) is 21.3. The number of carbonyl (C=O) groups is 1. The van der Waals surface area contributed by atoms with Gasteiger partial charge in [0.2, 0.25) is 15.9 Å². The molecule has 166 valence electrons. The molecule has 1 saturated heterocycles. The summed E-state index contributed by atoms with van der Waals surface area (Å²) < 4.78 is 39.8. The van der Waals surface area contributed by atoms with Crippen LogP contribution in [0, 0.1) is 0 Å². The van der Waals surface area contributed by atoms with E-state index in [-0.39, 0.29) is 30.7 Å². The SMILES string of the molecule is CC(C)S(=O)(=O)NC1CCN2C(=O)COc3ncccc3C3CCC(CC3)OCC12. The maximum atomic E-state index is 13.0. The van der Waals surface area contributed by atoms with Gasteiger partial charge in [0.1, 0.15) is 0 Å². The molecule has 4 aliphatic rings. The zero-order valence-electron chi connectivity index (χ0n) is 17.6. The second kappa shape index (κ2) is 8.80. The topological polar surface area (TPSA) is 97.8 Å². The number of amides is 1. The van der Waals surface area contributed by atoms with Crippen molar-refractivity contribution in [1.29, 1.82) is 0 Å². The van der Waals surface area contributed by atoms with Crippen molar-refractivity contribution in [2.45, 2.75) is 75.3 Å². The first-order chi connectivity index (χ1) is 14.3. The number of rotatable bonds is 3. The molecule has 0 aromatic carbocycles. The van der Waals surface area contributed by atoms with Gasteiger partial charge >= 0.3 is 0 Å². The van der Waals surface area contributed by atoms with Crippen LogP contribution in [-0.4, -0.2) is 67.4 Å². The van der Waals surface area contributed by atoms with Crippen LogP contribution in [0.25, 0.3) is 0 Å². The van der Waals surface area contributed by atoms with Crippen LogP contribution in [0.5, 0.6) is 5.88 Å². The van der Waals surface area contributed by atoms with E-state index < -0.39 is 15.3 Å². The molecule has 9 heteroatoms. The normalized spacial score (nSPS) is 30.1. The van der Waals surface area contributed by atoms with E-state index in [4.69, 9.17) is 9.47 Å². The maximum absolute atomic E-state index is 13.0. The minimum absolute atomic E-state index is 0.111. The van der Waals surface area contributed by atoms with Gasteiger partial charge in [0.05, 0.1) is 24.0 Å². The fourth-order valence-corrected chi connectivity index (χ4v) is 5.65. The molecule has 4 heterocycles. The molecule has 8 nitrogen and oxygen atoms in total. The van der Waals surface area contributed by atoms with Crippen molar-refractivity contribution in [3.8, 4) is 5.88 Å². The molecular weight excluding hydrogens is 406 g/mol. The standard InChI is InChI=1S/C21H31N3O5S/c1-14(2)30(26,27)23-18-9-11-24-19(18)12-28-16-7-5-15(6-8-16)17-4-3-10-22-21(17)29-13-20(24)25/h3-4,10,14-16,18-19,23H,5-9,11-13H2,1-2H3. The third-order valence-corrected chi connectivity index (χ3v) is 8.42. The van der Waals surface area contributed by atoms with Gasteiger partial charge in [-0.2, -0.15) is 0 Å². The number of aromatic nitrogens is 1. The molecule has 0 radical (unpaired) electrons. The number of ether oxygens (including phenoxy) is 2. The molecule has 1 N–H and O–H groups in total. The van der Waals surface area contributed by atoms with Crippen LogP contribution in [0.3, 0.4) is 0 Å². The van der Waals surface area contributed by atoms with Gasteiger partial charge in [0, 0.05) is 24.3 Å². The summed E-state index contributed by atoms with van der Waals surface area (Å²) in [4.78, 5) is 19.1. The van der Waals surface area contributed by atoms with Gasteiger partial charge in [0.15, 0.2) is 6.61 Å². The molecule has 2 bridgehead atoms. The van der Waals surface area contributed by atoms with Crippen molar-refractivity contribution in [1.82, 2.24) is 14.6 Å². The van der Waals surface area contributed by atoms with Crippen LogP contribution >= 0.6 is 0 Å². The van der Waals surface area contributed by atoms with Crippen molar-refractivity contribution >= 4 is 15.9 Å². The van der Waals surface area contributed by atoms with Crippen molar-refractivity contribution < 1.29 is 22.7 Å². The van der Waals surface area contributed by atoms with Crippen LogP contribution in [0.1, 0.15) is 57.4 Å². The molecule has 3 aliphatic heterocycles. The number of hydrogen-bond acceptors (Lipinski definition) is 6. The van der Waals surface area contributed by atoms with E-state index in [1.165, 1.54) is 0 Å². The molecule has 30 heavy (non-hydrogen) atoms. The third kappa shape index (κ3) is 4.48. The molecule has 1 amide bonds. The largest absolute Gasteiger partial charge is 0.467 e. The Hall–Kier alpha value is -1.71. The molecule has 1 aromatic heterocycles. The molecule has 2 unspecified atom stereocenters. The highest BCUT2D eigenvalue weighted by Crippen LogP contribution is 2.38. The van der Waals surface area contributed by atoms with Crippen LogP contribution in [0.15, 0.2) is 18.3 Å². The first-order valence-corrected chi connectivity index (χ1v) is 12.4. The second-order valence-corrected chi connectivity index (χ2v) is 11.0. The van der Waals surface area contributed by atoms with Gasteiger partial charge in [-0.15, -0.1) is 0 Å². The Kier molecular flexibility index (Phi) is 6.31. The van der Waals surface area contributed by atoms with E-state index >= 15 is 0 Å². The van der Waals surface area contributed by atoms with Crippen LogP contribution in [-0.2, 0) is 19.6 Å². The monoisotopic (exact) mass is 437 g/mol. The average molecular weight is 438 g/mol. The van der Waals surface area contributed by atoms with Crippen LogP contribution < -0.4 is 9.46 Å². The van der Waals surface area contributed by atoms with E-state index in [0.717, 1.165) is 31.2 Å². The van der Waals surface area contributed by atoms with E-state index in [0.29, 0.717) is 31.4 Å². The lowest BCUT2D eigenvalue weighted by Crippen LogP contribution is -2.51. The summed E-state index contributed by atoms with van der Waals surface area (Å²) in [5, 5.41) is -0.529. The Labute approximate surface area is 178 Å². The highest BCUT2D eigenvalue weighted by atomic mass is 32.2. The summed E-state index contributed by atoms with van der Waals surface area (Å²) in [6.07, 6.45) is 6.21. The molecular formula is C21H31N3O5S. The Morgan fingerprint density at radius 3 is 2.70 bits per heavy atom. The number of sulfonamides is 1. The number of carbonyl (C=O) groups excluding carboxylic acids is 1. The highest BCUT2D eigenvalue weighted by molar-refractivity contribution is 7.90. The molecule has 2 fully saturated rings. The summed E-state index contributed by atoms with van der Waals surface area (Å²) in [6, 6.07) is 3.25. The summed E-state index contributed by atoms with van der Waals surface area (Å²) in [5.74, 6) is 0.718. The highest BCUT2D eigenvalue weighted by Gasteiger charge is 2.40. The molecule has 1 aliphatic carbocycles. The summed E-state index contributed by atoms with van der Waals surface area (Å²) in [6.45, 7) is 4.00. The van der Waals surface area contributed by atoms with Crippen molar-refractivity contribution in [2.24, 2.45) is 0 Å². The minimum Gasteiger partial charge on any atom is -0.467 e. The molecule has 0 spiro atoms. The van der Waals surface area contributed by atoms with Gasteiger partial charge in [-0.1, -0.05) is 6.07 Å². The quantitative estimate of drug-likeness (QED) is 0.775. The average Bonchev–Trinajstić information content (AvgIpc) is 3.12. The van der Waals surface area contributed by atoms with Crippen molar-refractivity contribution in [3.05, 3.63) is 23.9 Å². The predicted octanol–water partition coefficient (Wildman–Crippen LogP) is 1.81. The first kappa shape index (κ1) is 21.5. The fraction of sp³-hybridized carbons (Fsp3) is 0.714. The van der Waals surface area contributed by atoms with E-state index in [2.05, 4.69) is 9.71 Å². The molecule has 1 saturated carbocycles. The summed E-state index contributed by atoms with van der Waals surface area (Å²) >= 11 is 0. The lowest BCUT2D eigenvalue weighted by molar-refractivity contribution is -0.136. The van der Waals surface area contributed by atoms with Gasteiger partial charge < -0.3 is 14.4 Å². The maximum Gasteiger partial charge on any atom is 0.260 e. The van der Waals surface area contributed by atoms with Gasteiger partial charge in [-0.05, 0) is 57.9 Å². The van der Waals surface area contributed by atoms with Crippen LogP contribution in [0.4, 0.5) is 0 Å². The minimum atomic E-state index is -3.44. The van der Waals surface area contributed by atoms with Crippen LogP contribution in [0.2, 0.25) is 0 Å². The fourth-order valence-electron chi connectivity index (χ4n) is 4.68. The Morgan fingerprint density at radius 2 is 1.97 bits per heavy atom. The Morgan fingerprint density at radius 1 is 1.20 bits per heavy atom. The Balaban J connectivity index is 1.57. The second-order valence-electron chi connectivity index (χ2n) is 8.75. The predicted molar refractivity (Wildman–Crippen MR) is 112 cm³/mol. The lowest BCUT2D eigenvalue weighted by atomic mass is 9.83. The van der Waals surface area contributed by atoms with E-state index in [1.807, 2.05) is 12.1 Å². The van der Waals surface area contributed by atoms with Gasteiger partial charge in [0.25, 0.3) is 5.91 Å². The third-order valence-electron chi connectivity index (χ3n) is 6.55. The first-order valence-electron chi connectivity index (χ1n) is 10.8. The number of nitrogens with zero attached hydrogens (tertiary/aromatic N) is 2. The number of pyridine rings is 1. The molecule has 5 rings (SSSR count). The molecule has 2 atom stereocenters. The Bertz CT molecular complexity index is 867. The van der Waals surface area contributed by atoms with E-state index in [9.17, 15) is 13.2 Å². The smallest absolute Gasteiger partial charge is 0.260 e. The summed E-state index contributed by atoms with van der Waals surface area (Å²) in [7, 11) is -3.44. The van der Waals surface area contributed by atoms with Crippen molar-refractivity contribution in [3.63, 3.8) is 0 Å². The number of fused-ring (bicyclic) bond motifs is 5. The van der Waals surface area contributed by atoms with Gasteiger partial charge in [-0.25, -0.2) is 18.1 Å². The number of hydrogen-bond donors (Lipinski definition) is 1. The van der Waals surface area contributed by atoms with Crippen molar-refractivity contribution in [2.75, 3.05) is 19.8 Å². The lowest BCUT2D eigenvalue weighted by Gasteiger charge is -2.32. The summed E-state index contributed by atoms with van der Waals surface area (Å²) in [5.41, 5.74) is 1.06. The zero-order valence-corrected chi connectivity index (χ0v) is 18.4. The van der Waals surface area contributed by atoms with Gasteiger partial charge in [-0.3, -0.25) is 4.79 Å².